The van der Waals surface area contributed by atoms with E-state index in [9.17, 15) is 5.11 Å². The highest BCUT2D eigenvalue weighted by molar-refractivity contribution is 7.10. The maximum atomic E-state index is 10.6. The second-order valence-electron chi connectivity index (χ2n) is 5.50. The third-order valence-electron chi connectivity index (χ3n) is 4.01. The molecular weight excluding hydrogens is 242 g/mol. The predicted octanol–water partition coefficient (Wildman–Crippen LogP) is 3.87. The number of aliphatic hydroxyl groups is 1. The first-order valence-electron chi connectivity index (χ1n) is 7.23. The van der Waals surface area contributed by atoms with E-state index in [4.69, 9.17) is 0 Å². The van der Waals surface area contributed by atoms with Gasteiger partial charge in [0.15, 0.2) is 0 Å². The minimum Gasteiger partial charge on any atom is -0.389 e. The third-order valence-corrected chi connectivity index (χ3v) is 4.99. The number of rotatable bonds is 5. The molecule has 3 heteroatoms. The lowest BCUT2D eigenvalue weighted by Crippen LogP contribution is -2.41. The van der Waals surface area contributed by atoms with Crippen LogP contribution in [0.5, 0.6) is 0 Å². The fourth-order valence-electron chi connectivity index (χ4n) is 2.81. The molecule has 0 aliphatic heterocycles. The van der Waals surface area contributed by atoms with Crippen molar-refractivity contribution < 1.29 is 5.11 Å². The van der Waals surface area contributed by atoms with Crippen molar-refractivity contribution in [3.63, 3.8) is 0 Å². The molecule has 18 heavy (non-hydrogen) atoms. The summed E-state index contributed by atoms with van der Waals surface area (Å²) < 4.78 is 0. The first-order chi connectivity index (χ1) is 8.73. The van der Waals surface area contributed by atoms with Crippen molar-refractivity contribution in [1.29, 1.82) is 0 Å². The van der Waals surface area contributed by atoms with Crippen LogP contribution >= 0.6 is 11.3 Å². The Bertz CT molecular complexity index is 328. The first kappa shape index (κ1) is 14.0. The molecule has 1 unspecified atom stereocenters. The summed E-state index contributed by atoms with van der Waals surface area (Å²) in [6.07, 6.45) is 7.91. The highest BCUT2D eigenvalue weighted by Gasteiger charge is 2.28. The molecule has 0 bridgehead atoms. The highest BCUT2D eigenvalue weighted by Crippen LogP contribution is 2.28. The van der Waals surface area contributed by atoms with Crippen LogP contribution in [-0.2, 0) is 0 Å². The highest BCUT2D eigenvalue weighted by atomic mass is 32.1. The molecule has 102 valence electrons. The number of nitrogens with one attached hydrogen (secondary N) is 1. The Hall–Kier alpha value is -0.380. The van der Waals surface area contributed by atoms with Gasteiger partial charge in [-0.2, -0.15) is 0 Å². The van der Waals surface area contributed by atoms with E-state index in [1.54, 1.807) is 11.3 Å². The van der Waals surface area contributed by atoms with Crippen LogP contribution in [-0.4, -0.2) is 17.3 Å². The SMILES string of the molecule is CCC(NCC1(O)CCCCCC1)c1cccs1. The summed E-state index contributed by atoms with van der Waals surface area (Å²) in [6, 6.07) is 4.69. The molecule has 1 aromatic heterocycles. The van der Waals surface area contributed by atoms with Crippen molar-refractivity contribution >= 4 is 11.3 Å². The number of hydrogen-bond donors (Lipinski definition) is 2. The molecule has 1 saturated carbocycles. The van der Waals surface area contributed by atoms with Gasteiger partial charge >= 0.3 is 0 Å². The standard InChI is InChI=1S/C15H25NOS/c1-2-13(14-8-7-11-18-14)16-12-15(17)9-5-3-4-6-10-15/h7-8,11,13,16-17H,2-6,9-10,12H2,1H3. The van der Waals surface area contributed by atoms with Crippen LogP contribution in [0, 0.1) is 0 Å². The lowest BCUT2D eigenvalue weighted by atomic mass is 9.94. The molecule has 0 saturated heterocycles. The molecule has 1 atom stereocenters. The van der Waals surface area contributed by atoms with E-state index in [0.29, 0.717) is 6.04 Å². The third kappa shape index (κ3) is 3.81. The van der Waals surface area contributed by atoms with Crippen LogP contribution in [0.1, 0.15) is 62.8 Å². The van der Waals surface area contributed by atoms with E-state index in [1.165, 1.54) is 30.6 Å². The summed E-state index contributed by atoms with van der Waals surface area (Å²) >= 11 is 1.80. The molecule has 1 aromatic rings. The van der Waals surface area contributed by atoms with Gasteiger partial charge in [0.2, 0.25) is 0 Å². The summed E-state index contributed by atoms with van der Waals surface area (Å²) in [5.41, 5.74) is -0.471. The van der Waals surface area contributed by atoms with Gasteiger partial charge in [-0.25, -0.2) is 0 Å². The van der Waals surface area contributed by atoms with Gasteiger partial charge in [0.1, 0.15) is 0 Å². The maximum absolute atomic E-state index is 10.6. The molecule has 1 heterocycles. The van der Waals surface area contributed by atoms with Gasteiger partial charge in [-0.05, 0) is 30.7 Å². The van der Waals surface area contributed by atoms with Crippen LogP contribution in [0.15, 0.2) is 17.5 Å². The van der Waals surface area contributed by atoms with Gasteiger partial charge in [0, 0.05) is 17.5 Å². The van der Waals surface area contributed by atoms with Gasteiger partial charge in [-0.1, -0.05) is 38.7 Å². The van der Waals surface area contributed by atoms with E-state index in [0.717, 1.165) is 25.8 Å². The zero-order valence-electron chi connectivity index (χ0n) is 11.3. The molecular formula is C15H25NOS. The molecule has 0 amide bonds. The Kier molecular flexibility index (Phi) is 5.22. The summed E-state index contributed by atoms with van der Waals surface area (Å²) in [7, 11) is 0. The Balaban J connectivity index is 1.88. The minimum atomic E-state index is -0.471. The monoisotopic (exact) mass is 267 g/mol. The van der Waals surface area contributed by atoms with Crippen LogP contribution < -0.4 is 5.32 Å². The van der Waals surface area contributed by atoms with Gasteiger partial charge in [0.25, 0.3) is 0 Å². The van der Waals surface area contributed by atoms with Crippen molar-refractivity contribution in [2.24, 2.45) is 0 Å². The summed E-state index contributed by atoms with van der Waals surface area (Å²) in [4.78, 5) is 1.38. The zero-order chi connectivity index (χ0) is 12.8. The van der Waals surface area contributed by atoms with E-state index >= 15 is 0 Å². The number of hydrogen-bond acceptors (Lipinski definition) is 3. The van der Waals surface area contributed by atoms with Gasteiger partial charge in [-0.3, -0.25) is 0 Å². The van der Waals surface area contributed by atoms with Crippen LogP contribution in [0.3, 0.4) is 0 Å². The average Bonchev–Trinajstić information content (AvgIpc) is 2.80. The van der Waals surface area contributed by atoms with Crippen molar-refractivity contribution in [3.05, 3.63) is 22.4 Å². The molecule has 1 fully saturated rings. The quantitative estimate of drug-likeness (QED) is 0.794. The molecule has 2 N–H and O–H groups in total. The Morgan fingerprint density at radius 2 is 2.06 bits per heavy atom. The largest absolute Gasteiger partial charge is 0.389 e. The molecule has 0 radical (unpaired) electrons. The van der Waals surface area contributed by atoms with Crippen LogP contribution in [0.25, 0.3) is 0 Å². The van der Waals surface area contributed by atoms with Crippen LogP contribution in [0.4, 0.5) is 0 Å². The zero-order valence-corrected chi connectivity index (χ0v) is 12.1. The Morgan fingerprint density at radius 3 is 2.61 bits per heavy atom. The van der Waals surface area contributed by atoms with Crippen molar-refractivity contribution in [2.75, 3.05) is 6.54 Å². The fourth-order valence-corrected chi connectivity index (χ4v) is 3.70. The molecule has 1 aliphatic rings. The van der Waals surface area contributed by atoms with E-state index in [-0.39, 0.29) is 0 Å². The molecule has 2 rings (SSSR count). The normalized spacial score (nSPS) is 21.4. The topological polar surface area (TPSA) is 32.3 Å². The van der Waals surface area contributed by atoms with Crippen LogP contribution in [0.2, 0.25) is 0 Å². The second-order valence-corrected chi connectivity index (χ2v) is 6.47. The molecule has 2 nitrogen and oxygen atoms in total. The van der Waals surface area contributed by atoms with E-state index in [1.807, 2.05) is 0 Å². The Morgan fingerprint density at radius 1 is 1.33 bits per heavy atom. The smallest absolute Gasteiger partial charge is 0.0771 e. The minimum absolute atomic E-state index is 0.400. The predicted molar refractivity (Wildman–Crippen MR) is 78.0 cm³/mol. The van der Waals surface area contributed by atoms with Gasteiger partial charge in [0.05, 0.1) is 5.60 Å². The van der Waals surface area contributed by atoms with Crippen molar-refractivity contribution in [2.45, 2.75) is 63.5 Å². The lowest BCUT2D eigenvalue weighted by Gasteiger charge is -2.29. The number of thiophene rings is 1. The van der Waals surface area contributed by atoms with Gasteiger partial charge < -0.3 is 10.4 Å². The summed E-state index contributed by atoms with van der Waals surface area (Å²) in [5.74, 6) is 0. The van der Waals surface area contributed by atoms with Crippen molar-refractivity contribution in [3.8, 4) is 0 Å². The summed E-state index contributed by atoms with van der Waals surface area (Å²) in [6.45, 7) is 2.94. The average molecular weight is 267 g/mol. The Labute approximate surface area is 114 Å². The molecule has 0 aromatic carbocycles. The van der Waals surface area contributed by atoms with Gasteiger partial charge in [-0.15, -0.1) is 11.3 Å². The first-order valence-corrected chi connectivity index (χ1v) is 8.11. The second kappa shape index (κ2) is 6.69. The maximum Gasteiger partial charge on any atom is 0.0771 e. The lowest BCUT2D eigenvalue weighted by molar-refractivity contribution is 0.0226. The van der Waals surface area contributed by atoms with E-state index < -0.39 is 5.60 Å². The van der Waals surface area contributed by atoms with E-state index in [2.05, 4.69) is 29.8 Å². The molecule has 0 spiro atoms. The summed E-state index contributed by atoms with van der Waals surface area (Å²) in [5, 5.41) is 16.3. The van der Waals surface area contributed by atoms with Crippen molar-refractivity contribution in [1.82, 2.24) is 5.32 Å². The fraction of sp³-hybridized carbons (Fsp3) is 0.733. The molecule has 1 aliphatic carbocycles.